The molecule has 1 N–H and O–H groups in total. The molecule has 1 saturated carbocycles. The van der Waals surface area contributed by atoms with Crippen LogP contribution in [-0.4, -0.2) is 10.2 Å². The third-order valence-electron chi connectivity index (χ3n) is 3.12. The van der Waals surface area contributed by atoms with E-state index in [4.69, 9.17) is 16.6 Å². The van der Waals surface area contributed by atoms with Gasteiger partial charge in [0, 0.05) is 5.41 Å². The van der Waals surface area contributed by atoms with Gasteiger partial charge in [0.2, 0.25) is 5.89 Å². The number of aromatic nitrogens is 2. The van der Waals surface area contributed by atoms with E-state index in [1.54, 1.807) is 0 Å². The van der Waals surface area contributed by atoms with E-state index in [0.29, 0.717) is 10.8 Å². The highest BCUT2D eigenvalue weighted by Gasteiger charge is 2.38. The second kappa shape index (κ2) is 2.94. The van der Waals surface area contributed by atoms with E-state index >= 15 is 0 Å². The average molecular weight is 198 g/mol. The molecule has 1 aliphatic rings. The highest BCUT2D eigenvalue weighted by Crippen LogP contribution is 2.42. The Labute approximate surface area is 82.5 Å². The van der Waals surface area contributed by atoms with Crippen molar-refractivity contribution in [3.8, 4) is 0 Å². The van der Waals surface area contributed by atoms with Gasteiger partial charge >= 0.3 is 0 Å². The lowest BCUT2D eigenvalue weighted by Crippen LogP contribution is -2.33. The van der Waals surface area contributed by atoms with Crippen molar-refractivity contribution in [3.63, 3.8) is 0 Å². The highest BCUT2D eigenvalue weighted by atomic mass is 32.1. The van der Waals surface area contributed by atoms with Crippen LogP contribution >= 0.6 is 12.2 Å². The van der Waals surface area contributed by atoms with Crippen molar-refractivity contribution in [2.24, 2.45) is 5.92 Å². The number of hydrogen-bond acceptors (Lipinski definition) is 3. The third kappa shape index (κ3) is 1.43. The summed E-state index contributed by atoms with van der Waals surface area (Å²) in [5.41, 5.74) is 0.0335. The molecule has 1 aliphatic carbocycles. The lowest BCUT2D eigenvalue weighted by molar-refractivity contribution is 0.162. The van der Waals surface area contributed by atoms with Gasteiger partial charge in [-0.25, -0.2) is 5.10 Å². The molecule has 0 aliphatic heterocycles. The normalized spacial score (nSPS) is 18.6. The summed E-state index contributed by atoms with van der Waals surface area (Å²) >= 11 is 4.86. The number of nitrogens with one attached hydrogen (secondary N) is 1. The van der Waals surface area contributed by atoms with E-state index in [1.807, 2.05) is 0 Å². The number of rotatable bonds is 2. The molecule has 72 valence electrons. The van der Waals surface area contributed by atoms with E-state index in [0.717, 1.165) is 5.89 Å². The average Bonchev–Trinajstić information content (AvgIpc) is 2.30. The van der Waals surface area contributed by atoms with E-state index in [-0.39, 0.29) is 5.41 Å². The quantitative estimate of drug-likeness (QED) is 0.743. The summed E-state index contributed by atoms with van der Waals surface area (Å²) < 4.78 is 5.35. The summed E-state index contributed by atoms with van der Waals surface area (Å²) in [5.74, 6) is 1.45. The van der Waals surface area contributed by atoms with Crippen LogP contribution in [0.5, 0.6) is 0 Å². The summed E-state index contributed by atoms with van der Waals surface area (Å²) in [6, 6.07) is 0. The summed E-state index contributed by atoms with van der Waals surface area (Å²) in [6.45, 7) is 4.34. The maximum atomic E-state index is 5.35. The molecule has 0 aromatic carbocycles. The standard InChI is InChI=1S/C9H14N2OS/c1-9(2,6-4-3-5-6)7-10-11-8(13)12-7/h6H,3-5H2,1-2H3,(H,11,13). The molecular formula is C9H14N2OS. The SMILES string of the molecule is CC(C)(c1n[nH]c(=S)o1)C1CCC1. The minimum Gasteiger partial charge on any atom is -0.414 e. The molecule has 0 atom stereocenters. The first kappa shape index (κ1) is 8.94. The highest BCUT2D eigenvalue weighted by molar-refractivity contribution is 7.71. The monoisotopic (exact) mass is 198 g/mol. The Balaban J connectivity index is 2.27. The maximum Gasteiger partial charge on any atom is 0.284 e. The van der Waals surface area contributed by atoms with Crippen LogP contribution in [0, 0.1) is 10.8 Å². The first-order chi connectivity index (χ1) is 6.10. The molecule has 4 heteroatoms. The van der Waals surface area contributed by atoms with Gasteiger partial charge in [-0.2, -0.15) is 0 Å². The summed E-state index contributed by atoms with van der Waals surface area (Å²) in [4.78, 5) is 0.377. The second-order valence-corrected chi connectivity index (χ2v) is 4.64. The zero-order chi connectivity index (χ0) is 9.47. The zero-order valence-electron chi connectivity index (χ0n) is 7.96. The Morgan fingerprint density at radius 1 is 1.54 bits per heavy atom. The minimum atomic E-state index is 0.0335. The fourth-order valence-electron chi connectivity index (χ4n) is 1.81. The zero-order valence-corrected chi connectivity index (χ0v) is 8.78. The van der Waals surface area contributed by atoms with Gasteiger partial charge in [0.05, 0.1) is 0 Å². The van der Waals surface area contributed by atoms with Crippen molar-refractivity contribution < 1.29 is 4.42 Å². The van der Waals surface area contributed by atoms with Crippen LogP contribution in [0.15, 0.2) is 4.42 Å². The second-order valence-electron chi connectivity index (χ2n) is 4.27. The lowest BCUT2D eigenvalue weighted by Gasteiger charge is -2.37. The smallest absolute Gasteiger partial charge is 0.284 e. The first-order valence-electron chi connectivity index (χ1n) is 4.66. The molecule has 1 aromatic heterocycles. The van der Waals surface area contributed by atoms with Crippen molar-refractivity contribution >= 4 is 12.2 Å². The molecule has 0 unspecified atom stereocenters. The molecule has 0 amide bonds. The molecular weight excluding hydrogens is 184 g/mol. The first-order valence-corrected chi connectivity index (χ1v) is 5.07. The topological polar surface area (TPSA) is 41.8 Å². The van der Waals surface area contributed by atoms with Crippen molar-refractivity contribution in [2.45, 2.75) is 38.5 Å². The Morgan fingerprint density at radius 3 is 2.62 bits per heavy atom. The van der Waals surface area contributed by atoms with Gasteiger partial charge in [0.1, 0.15) is 0 Å². The van der Waals surface area contributed by atoms with E-state index < -0.39 is 0 Å². The third-order valence-corrected chi connectivity index (χ3v) is 3.29. The molecule has 3 nitrogen and oxygen atoms in total. The molecule has 0 spiro atoms. The van der Waals surface area contributed by atoms with Crippen LogP contribution in [-0.2, 0) is 5.41 Å². The van der Waals surface area contributed by atoms with Gasteiger partial charge in [-0.05, 0) is 31.0 Å². The molecule has 1 heterocycles. The fourth-order valence-corrected chi connectivity index (χ4v) is 1.93. The number of H-pyrrole nitrogens is 1. The van der Waals surface area contributed by atoms with Crippen LogP contribution in [0.25, 0.3) is 0 Å². The van der Waals surface area contributed by atoms with Crippen molar-refractivity contribution in [2.75, 3.05) is 0 Å². The van der Waals surface area contributed by atoms with E-state index in [9.17, 15) is 0 Å². The molecule has 0 saturated heterocycles. The van der Waals surface area contributed by atoms with Gasteiger partial charge in [-0.15, -0.1) is 5.10 Å². The predicted molar refractivity (Wildman–Crippen MR) is 52.1 cm³/mol. The van der Waals surface area contributed by atoms with Crippen LogP contribution in [0.3, 0.4) is 0 Å². The summed E-state index contributed by atoms with van der Waals surface area (Å²) in [5, 5.41) is 6.77. The molecule has 13 heavy (non-hydrogen) atoms. The van der Waals surface area contributed by atoms with Crippen molar-refractivity contribution in [1.82, 2.24) is 10.2 Å². The van der Waals surface area contributed by atoms with Gasteiger partial charge in [0.15, 0.2) is 0 Å². The molecule has 1 fully saturated rings. The van der Waals surface area contributed by atoms with Crippen LogP contribution in [0.4, 0.5) is 0 Å². The van der Waals surface area contributed by atoms with Crippen LogP contribution < -0.4 is 0 Å². The molecule has 2 rings (SSSR count). The number of nitrogens with zero attached hydrogens (tertiary/aromatic N) is 1. The van der Waals surface area contributed by atoms with Gasteiger partial charge in [0.25, 0.3) is 4.84 Å². The summed E-state index contributed by atoms with van der Waals surface area (Å²) in [7, 11) is 0. The maximum absolute atomic E-state index is 5.35. The van der Waals surface area contributed by atoms with Crippen molar-refractivity contribution in [3.05, 3.63) is 10.7 Å². The number of hydrogen-bond donors (Lipinski definition) is 1. The molecule has 0 bridgehead atoms. The van der Waals surface area contributed by atoms with Crippen LogP contribution in [0.2, 0.25) is 0 Å². The largest absolute Gasteiger partial charge is 0.414 e. The summed E-state index contributed by atoms with van der Waals surface area (Å²) in [6.07, 6.45) is 3.89. The Bertz CT molecular complexity index is 348. The van der Waals surface area contributed by atoms with Crippen molar-refractivity contribution in [1.29, 1.82) is 0 Å². The van der Waals surface area contributed by atoms with Gasteiger partial charge < -0.3 is 4.42 Å². The molecule has 0 radical (unpaired) electrons. The van der Waals surface area contributed by atoms with Gasteiger partial charge in [-0.1, -0.05) is 20.3 Å². The van der Waals surface area contributed by atoms with E-state index in [1.165, 1.54) is 19.3 Å². The minimum absolute atomic E-state index is 0.0335. The number of aromatic amines is 1. The lowest BCUT2D eigenvalue weighted by atomic mass is 9.67. The Hall–Kier alpha value is -0.640. The van der Waals surface area contributed by atoms with E-state index in [2.05, 4.69) is 24.0 Å². The Morgan fingerprint density at radius 2 is 2.23 bits per heavy atom. The fraction of sp³-hybridized carbons (Fsp3) is 0.778. The predicted octanol–water partition coefficient (Wildman–Crippen LogP) is 2.81. The molecule has 1 aromatic rings. The Kier molecular flexibility index (Phi) is 2.02. The van der Waals surface area contributed by atoms with Crippen LogP contribution in [0.1, 0.15) is 39.0 Å². The van der Waals surface area contributed by atoms with Gasteiger partial charge in [-0.3, -0.25) is 0 Å².